The first kappa shape index (κ1) is 24.5. The summed E-state index contributed by atoms with van der Waals surface area (Å²) in [6.45, 7) is 6.31. The normalized spacial score (nSPS) is 10.6. The van der Waals surface area contributed by atoms with Gasteiger partial charge in [0.2, 0.25) is 0 Å². The molecule has 0 heterocycles. The van der Waals surface area contributed by atoms with Crippen LogP contribution in [0.15, 0.2) is 53.5 Å². The third kappa shape index (κ3) is 10.0. The van der Waals surface area contributed by atoms with Crippen molar-refractivity contribution in [3.05, 3.63) is 59.7 Å². The van der Waals surface area contributed by atoms with Crippen molar-refractivity contribution in [2.24, 2.45) is 10.7 Å². The second kappa shape index (κ2) is 13.6. The molecule has 0 radical (unpaired) electrons. The van der Waals surface area contributed by atoms with Gasteiger partial charge in [-0.15, -0.1) is 24.0 Å². The molecule has 0 fully saturated rings. The quantitative estimate of drug-likeness (QED) is 0.197. The zero-order valence-electron chi connectivity index (χ0n) is 16.8. The summed E-state index contributed by atoms with van der Waals surface area (Å²) < 4.78 is 11.0. The Kier molecular flexibility index (Phi) is 11.6. The van der Waals surface area contributed by atoms with Gasteiger partial charge >= 0.3 is 0 Å². The van der Waals surface area contributed by atoms with Gasteiger partial charge in [-0.3, -0.25) is 4.79 Å². The van der Waals surface area contributed by atoms with Gasteiger partial charge in [-0.1, -0.05) is 29.8 Å². The maximum absolute atomic E-state index is 10.8. The van der Waals surface area contributed by atoms with E-state index in [1.54, 1.807) is 6.07 Å². The average Bonchev–Trinajstić information content (AvgIpc) is 2.69. The Labute approximate surface area is 189 Å². The van der Waals surface area contributed by atoms with Crippen LogP contribution in [-0.2, 0) is 11.3 Å². The van der Waals surface area contributed by atoms with Gasteiger partial charge in [-0.05, 0) is 43.7 Å². The summed E-state index contributed by atoms with van der Waals surface area (Å²) in [5, 5.41) is 6.45. The van der Waals surface area contributed by atoms with Gasteiger partial charge < -0.3 is 25.8 Å². The van der Waals surface area contributed by atoms with E-state index in [0.29, 0.717) is 31.4 Å². The number of benzene rings is 2. The molecule has 158 valence electrons. The summed E-state index contributed by atoms with van der Waals surface area (Å²) in [6, 6.07) is 15.4. The number of nitrogens with zero attached hydrogens (tertiary/aromatic N) is 1. The van der Waals surface area contributed by atoms with E-state index in [9.17, 15) is 4.79 Å². The molecule has 1 amide bonds. The fourth-order valence-electron chi connectivity index (χ4n) is 2.37. The molecule has 2 aromatic rings. The molecular formula is C21H29IN4O3. The Morgan fingerprint density at radius 1 is 1.07 bits per heavy atom. The van der Waals surface area contributed by atoms with Crippen LogP contribution in [0.5, 0.6) is 11.5 Å². The third-order valence-corrected chi connectivity index (χ3v) is 3.73. The predicted molar refractivity (Wildman–Crippen MR) is 126 cm³/mol. The number of carbonyl (C=O) groups excluding carboxylic acids is 1. The molecule has 8 heteroatoms. The zero-order valence-corrected chi connectivity index (χ0v) is 19.1. The number of primary amides is 1. The summed E-state index contributed by atoms with van der Waals surface area (Å²) in [5.74, 6) is 1.64. The lowest BCUT2D eigenvalue weighted by molar-refractivity contribution is -0.119. The summed E-state index contributed by atoms with van der Waals surface area (Å²) in [4.78, 5) is 15.4. The van der Waals surface area contributed by atoms with Crippen molar-refractivity contribution in [1.29, 1.82) is 0 Å². The number of hydrogen-bond acceptors (Lipinski definition) is 4. The van der Waals surface area contributed by atoms with Crippen LogP contribution < -0.4 is 25.8 Å². The van der Waals surface area contributed by atoms with Crippen molar-refractivity contribution >= 4 is 35.8 Å². The van der Waals surface area contributed by atoms with Crippen molar-refractivity contribution in [3.63, 3.8) is 0 Å². The SMILES string of the molecule is CCNC(=NCc1cccc(OCC(N)=O)c1)NCCOc1ccc(C)cc1.I. The molecule has 0 spiro atoms. The molecule has 29 heavy (non-hydrogen) atoms. The largest absolute Gasteiger partial charge is 0.492 e. The highest BCUT2D eigenvalue weighted by atomic mass is 127. The minimum absolute atomic E-state index is 0. The molecule has 0 aromatic heterocycles. The fourth-order valence-corrected chi connectivity index (χ4v) is 2.37. The Balaban J connectivity index is 0.00000420. The topological polar surface area (TPSA) is 98.0 Å². The Morgan fingerprint density at radius 3 is 2.52 bits per heavy atom. The Morgan fingerprint density at radius 2 is 1.83 bits per heavy atom. The summed E-state index contributed by atoms with van der Waals surface area (Å²) in [5.41, 5.74) is 7.27. The van der Waals surface area contributed by atoms with E-state index in [1.165, 1.54) is 5.56 Å². The van der Waals surface area contributed by atoms with Crippen LogP contribution >= 0.6 is 24.0 Å². The van der Waals surface area contributed by atoms with Gasteiger partial charge in [0, 0.05) is 6.54 Å². The lowest BCUT2D eigenvalue weighted by Gasteiger charge is -2.12. The van der Waals surface area contributed by atoms with Crippen molar-refractivity contribution < 1.29 is 14.3 Å². The van der Waals surface area contributed by atoms with E-state index in [4.69, 9.17) is 15.2 Å². The van der Waals surface area contributed by atoms with Crippen molar-refractivity contribution in [3.8, 4) is 11.5 Å². The van der Waals surface area contributed by atoms with Gasteiger partial charge in [0.25, 0.3) is 5.91 Å². The van der Waals surface area contributed by atoms with Gasteiger partial charge in [0.15, 0.2) is 12.6 Å². The lowest BCUT2D eigenvalue weighted by atomic mass is 10.2. The highest BCUT2D eigenvalue weighted by molar-refractivity contribution is 14.0. The molecule has 0 aliphatic carbocycles. The molecule has 0 saturated heterocycles. The minimum atomic E-state index is -0.505. The van der Waals surface area contributed by atoms with Crippen molar-refractivity contribution in [2.75, 3.05) is 26.3 Å². The molecule has 0 atom stereocenters. The molecule has 0 aliphatic heterocycles. The maximum atomic E-state index is 10.8. The monoisotopic (exact) mass is 512 g/mol. The first-order chi connectivity index (χ1) is 13.6. The summed E-state index contributed by atoms with van der Waals surface area (Å²) in [7, 11) is 0. The number of amides is 1. The van der Waals surface area contributed by atoms with Crippen LogP contribution in [0.3, 0.4) is 0 Å². The molecule has 0 saturated carbocycles. The van der Waals surface area contributed by atoms with E-state index >= 15 is 0 Å². The first-order valence-electron chi connectivity index (χ1n) is 9.28. The standard InChI is InChI=1S/C21H28N4O3.HI/c1-3-23-21(24-11-12-27-18-9-7-16(2)8-10-18)25-14-17-5-4-6-19(13-17)28-15-20(22)26;/h4-10,13H,3,11-12,14-15H2,1-2H3,(H2,22,26)(H2,23,24,25);1H. The number of aryl methyl sites for hydroxylation is 1. The van der Waals surface area contributed by atoms with E-state index in [-0.39, 0.29) is 30.6 Å². The number of hydrogen-bond donors (Lipinski definition) is 3. The van der Waals surface area contributed by atoms with Gasteiger partial charge in [0.05, 0.1) is 13.1 Å². The molecule has 0 bridgehead atoms. The van der Waals surface area contributed by atoms with Crippen LogP contribution in [-0.4, -0.2) is 38.2 Å². The predicted octanol–water partition coefficient (Wildman–Crippen LogP) is 2.61. The second-order valence-corrected chi connectivity index (χ2v) is 6.19. The Hall–Kier alpha value is -2.49. The first-order valence-corrected chi connectivity index (χ1v) is 9.28. The number of halogens is 1. The number of carbonyl (C=O) groups is 1. The lowest BCUT2D eigenvalue weighted by Crippen LogP contribution is -2.39. The summed E-state index contributed by atoms with van der Waals surface area (Å²) >= 11 is 0. The number of aliphatic imine (C=N–C) groups is 1. The molecule has 2 rings (SSSR count). The van der Waals surface area contributed by atoms with Crippen LogP contribution in [0, 0.1) is 6.92 Å². The number of nitrogens with two attached hydrogens (primary N) is 1. The minimum Gasteiger partial charge on any atom is -0.492 e. The van der Waals surface area contributed by atoms with E-state index in [0.717, 1.165) is 17.9 Å². The van der Waals surface area contributed by atoms with Gasteiger partial charge in [-0.2, -0.15) is 0 Å². The number of rotatable bonds is 10. The third-order valence-electron chi connectivity index (χ3n) is 3.73. The zero-order chi connectivity index (χ0) is 20.2. The van der Waals surface area contributed by atoms with E-state index in [1.807, 2.05) is 56.3 Å². The number of nitrogens with one attached hydrogen (secondary N) is 2. The molecular weight excluding hydrogens is 483 g/mol. The van der Waals surface area contributed by atoms with Gasteiger partial charge in [0.1, 0.15) is 18.1 Å². The van der Waals surface area contributed by atoms with Crippen LogP contribution in [0.1, 0.15) is 18.1 Å². The van der Waals surface area contributed by atoms with Crippen LogP contribution in [0.2, 0.25) is 0 Å². The highest BCUT2D eigenvalue weighted by Crippen LogP contribution is 2.14. The molecule has 4 N–H and O–H groups in total. The summed E-state index contributed by atoms with van der Waals surface area (Å²) in [6.07, 6.45) is 0. The molecule has 0 unspecified atom stereocenters. The molecule has 0 aliphatic rings. The molecule has 7 nitrogen and oxygen atoms in total. The van der Waals surface area contributed by atoms with Crippen LogP contribution in [0.4, 0.5) is 0 Å². The number of ether oxygens (including phenoxy) is 2. The maximum Gasteiger partial charge on any atom is 0.255 e. The fraction of sp³-hybridized carbons (Fsp3) is 0.333. The van der Waals surface area contributed by atoms with Crippen molar-refractivity contribution in [1.82, 2.24) is 10.6 Å². The van der Waals surface area contributed by atoms with E-state index in [2.05, 4.69) is 15.6 Å². The Bertz CT molecular complexity index is 782. The van der Waals surface area contributed by atoms with Crippen LogP contribution in [0.25, 0.3) is 0 Å². The second-order valence-electron chi connectivity index (χ2n) is 6.19. The highest BCUT2D eigenvalue weighted by Gasteiger charge is 2.01. The average molecular weight is 512 g/mol. The van der Waals surface area contributed by atoms with E-state index < -0.39 is 5.91 Å². The van der Waals surface area contributed by atoms with Gasteiger partial charge in [-0.25, -0.2) is 4.99 Å². The smallest absolute Gasteiger partial charge is 0.255 e. The van der Waals surface area contributed by atoms with Crippen molar-refractivity contribution in [2.45, 2.75) is 20.4 Å². The number of guanidine groups is 1. The molecule has 2 aromatic carbocycles.